The molecule has 4 rings (SSSR count). The predicted octanol–water partition coefficient (Wildman–Crippen LogP) is 2.30. The highest BCUT2D eigenvalue weighted by molar-refractivity contribution is 7.09. The Morgan fingerprint density at radius 3 is 3.14 bits per heavy atom. The fourth-order valence-corrected chi connectivity index (χ4v) is 3.21. The molecule has 0 amide bonds. The third-order valence-electron chi connectivity index (χ3n) is 3.50. The van der Waals surface area contributed by atoms with Crippen molar-refractivity contribution >= 4 is 11.3 Å². The van der Waals surface area contributed by atoms with Crippen LogP contribution in [0.25, 0.3) is 23.0 Å². The SMILES string of the molecule is NCCc1nc(-c2nc(-c3ccc4c(c3)CCO4)no2)cs1. The van der Waals surface area contributed by atoms with Gasteiger partial charge in [-0.05, 0) is 30.3 Å². The van der Waals surface area contributed by atoms with Gasteiger partial charge in [0.25, 0.3) is 5.89 Å². The van der Waals surface area contributed by atoms with Gasteiger partial charge in [0.2, 0.25) is 5.82 Å². The third-order valence-corrected chi connectivity index (χ3v) is 4.41. The number of ether oxygens (including phenoxy) is 1. The minimum Gasteiger partial charge on any atom is -0.493 e. The molecule has 1 aliphatic heterocycles. The maximum atomic E-state index is 5.54. The van der Waals surface area contributed by atoms with Gasteiger partial charge < -0.3 is 15.0 Å². The Morgan fingerprint density at radius 2 is 2.23 bits per heavy atom. The molecular formula is C15H14N4O2S. The van der Waals surface area contributed by atoms with Crippen molar-refractivity contribution in [2.75, 3.05) is 13.2 Å². The van der Waals surface area contributed by atoms with E-state index in [-0.39, 0.29) is 0 Å². The molecule has 3 aromatic rings. The first kappa shape index (κ1) is 13.4. The van der Waals surface area contributed by atoms with Gasteiger partial charge >= 0.3 is 0 Å². The van der Waals surface area contributed by atoms with Crippen LogP contribution in [0.15, 0.2) is 28.1 Å². The molecule has 0 unspecified atom stereocenters. The highest BCUT2D eigenvalue weighted by atomic mass is 32.1. The predicted molar refractivity (Wildman–Crippen MR) is 82.8 cm³/mol. The first-order chi connectivity index (χ1) is 10.8. The molecule has 2 aromatic heterocycles. The second kappa shape index (κ2) is 5.51. The van der Waals surface area contributed by atoms with Crippen LogP contribution in [-0.2, 0) is 12.8 Å². The molecule has 2 N–H and O–H groups in total. The fraction of sp³-hybridized carbons (Fsp3) is 0.267. The number of nitrogens with zero attached hydrogens (tertiary/aromatic N) is 3. The first-order valence-electron chi connectivity index (χ1n) is 7.08. The van der Waals surface area contributed by atoms with Crippen molar-refractivity contribution in [1.82, 2.24) is 15.1 Å². The van der Waals surface area contributed by atoms with Crippen molar-refractivity contribution < 1.29 is 9.26 Å². The van der Waals surface area contributed by atoms with Crippen LogP contribution in [-0.4, -0.2) is 28.3 Å². The zero-order valence-electron chi connectivity index (χ0n) is 11.8. The van der Waals surface area contributed by atoms with Crippen LogP contribution >= 0.6 is 11.3 Å². The van der Waals surface area contributed by atoms with Crippen molar-refractivity contribution in [2.45, 2.75) is 12.8 Å². The van der Waals surface area contributed by atoms with E-state index in [4.69, 9.17) is 15.0 Å². The van der Waals surface area contributed by atoms with Gasteiger partial charge in [0.05, 0.1) is 11.6 Å². The van der Waals surface area contributed by atoms with E-state index in [1.807, 2.05) is 17.5 Å². The van der Waals surface area contributed by atoms with Crippen LogP contribution < -0.4 is 10.5 Å². The quantitative estimate of drug-likeness (QED) is 0.795. The zero-order valence-corrected chi connectivity index (χ0v) is 12.6. The number of hydrogen-bond acceptors (Lipinski definition) is 7. The number of thiazole rings is 1. The summed E-state index contributed by atoms with van der Waals surface area (Å²) in [6.45, 7) is 1.32. The van der Waals surface area contributed by atoms with E-state index in [2.05, 4.69) is 21.2 Å². The standard InChI is InChI=1S/C15H14N4O2S/c16-5-3-13-17-11(8-22-13)15-18-14(19-21-15)10-1-2-12-9(7-10)4-6-20-12/h1-2,7-8H,3-6,16H2. The molecule has 0 radical (unpaired) electrons. The summed E-state index contributed by atoms with van der Waals surface area (Å²) >= 11 is 1.55. The van der Waals surface area contributed by atoms with Gasteiger partial charge in [-0.25, -0.2) is 4.98 Å². The molecule has 7 heteroatoms. The zero-order chi connectivity index (χ0) is 14.9. The van der Waals surface area contributed by atoms with Crippen molar-refractivity contribution in [3.63, 3.8) is 0 Å². The minimum atomic E-state index is 0.436. The summed E-state index contributed by atoms with van der Waals surface area (Å²) in [5.74, 6) is 1.95. The van der Waals surface area contributed by atoms with Crippen LogP contribution in [0.1, 0.15) is 10.6 Å². The molecule has 0 spiro atoms. The summed E-state index contributed by atoms with van der Waals surface area (Å²) in [6, 6.07) is 5.95. The van der Waals surface area contributed by atoms with E-state index in [1.54, 1.807) is 11.3 Å². The topological polar surface area (TPSA) is 87.1 Å². The molecule has 0 saturated carbocycles. The second-order valence-corrected chi connectivity index (χ2v) is 5.95. The largest absolute Gasteiger partial charge is 0.493 e. The molecule has 1 aromatic carbocycles. The van der Waals surface area contributed by atoms with Crippen molar-refractivity contribution in [3.8, 4) is 28.7 Å². The van der Waals surface area contributed by atoms with Gasteiger partial charge in [0.15, 0.2) is 0 Å². The summed E-state index contributed by atoms with van der Waals surface area (Å²) in [6.07, 6.45) is 1.68. The van der Waals surface area contributed by atoms with Crippen LogP contribution in [0.2, 0.25) is 0 Å². The summed E-state index contributed by atoms with van der Waals surface area (Å²) in [7, 11) is 0. The molecule has 22 heavy (non-hydrogen) atoms. The molecule has 1 aliphatic rings. The average molecular weight is 314 g/mol. The van der Waals surface area contributed by atoms with Crippen LogP contribution in [0.4, 0.5) is 0 Å². The monoisotopic (exact) mass is 314 g/mol. The lowest BCUT2D eigenvalue weighted by atomic mass is 10.1. The minimum absolute atomic E-state index is 0.436. The van der Waals surface area contributed by atoms with Crippen LogP contribution in [0.3, 0.4) is 0 Å². The Hall–Kier alpha value is -2.25. The normalized spacial score (nSPS) is 13.1. The molecule has 6 nitrogen and oxygen atoms in total. The Kier molecular flexibility index (Phi) is 3.36. The van der Waals surface area contributed by atoms with Crippen LogP contribution in [0, 0.1) is 0 Å². The molecular weight excluding hydrogens is 300 g/mol. The molecule has 3 heterocycles. The highest BCUT2D eigenvalue weighted by Crippen LogP contribution is 2.30. The lowest BCUT2D eigenvalue weighted by Crippen LogP contribution is -2.01. The van der Waals surface area contributed by atoms with E-state index in [1.165, 1.54) is 5.56 Å². The van der Waals surface area contributed by atoms with Gasteiger partial charge in [-0.15, -0.1) is 11.3 Å². The van der Waals surface area contributed by atoms with E-state index in [9.17, 15) is 0 Å². The molecule has 0 saturated heterocycles. The lowest BCUT2D eigenvalue weighted by molar-refractivity contribution is 0.357. The second-order valence-electron chi connectivity index (χ2n) is 5.01. The van der Waals surface area contributed by atoms with Gasteiger partial charge in [-0.3, -0.25) is 0 Å². The smallest absolute Gasteiger partial charge is 0.277 e. The Morgan fingerprint density at radius 1 is 1.27 bits per heavy atom. The molecule has 112 valence electrons. The van der Waals surface area contributed by atoms with Gasteiger partial charge in [-0.2, -0.15) is 4.98 Å². The van der Waals surface area contributed by atoms with Crippen LogP contribution in [0.5, 0.6) is 5.75 Å². The summed E-state index contributed by atoms with van der Waals surface area (Å²) < 4.78 is 10.8. The number of rotatable bonds is 4. The highest BCUT2D eigenvalue weighted by Gasteiger charge is 2.17. The van der Waals surface area contributed by atoms with E-state index in [0.29, 0.717) is 24.0 Å². The lowest BCUT2D eigenvalue weighted by Gasteiger charge is -1.99. The number of benzene rings is 1. The fourth-order valence-electron chi connectivity index (χ4n) is 2.42. The van der Waals surface area contributed by atoms with Crippen molar-refractivity contribution in [1.29, 1.82) is 0 Å². The Balaban J connectivity index is 1.63. The van der Waals surface area contributed by atoms with E-state index >= 15 is 0 Å². The average Bonchev–Trinajstić information content (AvgIpc) is 3.26. The Bertz CT molecular complexity index is 811. The molecule has 0 fully saturated rings. The molecule has 0 atom stereocenters. The summed E-state index contributed by atoms with van der Waals surface area (Å²) in [5.41, 5.74) is 8.35. The third kappa shape index (κ3) is 2.38. The Labute approximate surface area is 130 Å². The first-order valence-corrected chi connectivity index (χ1v) is 7.96. The maximum absolute atomic E-state index is 5.54. The van der Waals surface area contributed by atoms with E-state index in [0.717, 1.165) is 35.8 Å². The summed E-state index contributed by atoms with van der Waals surface area (Å²) in [4.78, 5) is 8.90. The maximum Gasteiger partial charge on any atom is 0.277 e. The number of hydrogen-bond donors (Lipinski definition) is 1. The number of fused-ring (bicyclic) bond motifs is 1. The van der Waals surface area contributed by atoms with Gasteiger partial charge in [-0.1, -0.05) is 5.16 Å². The van der Waals surface area contributed by atoms with Gasteiger partial charge in [0, 0.05) is 23.8 Å². The van der Waals surface area contributed by atoms with E-state index < -0.39 is 0 Å². The summed E-state index contributed by atoms with van der Waals surface area (Å²) in [5, 5.41) is 6.95. The van der Waals surface area contributed by atoms with Crippen molar-refractivity contribution in [2.24, 2.45) is 5.73 Å². The number of nitrogens with two attached hydrogens (primary N) is 1. The van der Waals surface area contributed by atoms with Crippen molar-refractivity contribution in [3.05, 3.63) is 34.2 Å². The molecule has 0 aliphatic carbocycles. The molecule has 0 bridgehead atoms. The number of aromatic nitrogens is 3. The van der Waals surface area contributed by atoms with Gasteiger partial charge in [0.1, 0.15) is 11.4 Å².